The van der Waals surface area contributed by atoms with Crippen molar-refractivity contribution in [3.63, 3.8) is 0 Å². The molecule has 0 amide bonds. The van der Waals surface area contributed by atoms with E-state index < -0.39 is 0 Å². The van der Waals surface area contributed by atoms with Crippen molar-refractivity contribution < 1.29 is 9.47 Å². The van der Waals surface area contributed by atoms with Gasteiger partial charge in [-0.1, -0.05) is 19.9 Å². The van der Waals surface area contributed by atoms with Gasteiger partial charge in [0.2, 0.25) is 5.88 Å². The maximum absolute atomic E-state index is 5.72. The molecule has 1 aliphatic carbocycles. The van der Waals surface area contributed by atoms with Gasteiger partial charge in [0.15, 0.2) is 0 Å². The number of aromatic nitrogens is 1. The number of pyridine rings is 1. The monoisotopic (exact) mass is 250 g/mol. The second kappa shape index (κ2) is 5.14. The summed E-state index contributed by atoms with van der Waals surface area (Å²) < 4.78 is 10.8. The van der Waals surface area contributed by atoms with Gasteiger partial charge < -0.3 is 14.8 Å². The summed E-state index contributed by atoms with van der Waals surface area (Å²) in [5.41, 5.74) is 0.140. The first-order valence-corrected chi connectivity index (χ1v) is 6.47. The van der Waals surface area contributed by atoms with E-state index in [0.717, 1.165) is 18.8 Å². The number of hydrogen-bond donors (Lipinski definition) is 1. The van der Waals surface area contributed by atoms with Crippen LogP contribution < -0.4 is 10.1 Å². The number of hydrogen-bond acceptors (Lipinski definition) is 4. The van der Waals surface area contributed by atoms with E-state index in [9.17, 15) is 0 Å². The molecule has 100 valence electrons. The van der Waals surface area contributed by atoms with Gasteiger partial charge in [-0.05, 0) is 19.4 Å². The fourth-order valence-corrected chi connectivity index (χ4v) is 2.40. The van der Waals surface area contributed by atoms with E-state index in [0.29, 0.717) is 18.0 Å². The van der Waals surface area contributed by atoms with Crippen molar-refractivity contribution >= 4 is 5.82 Å². The number of nitrogens with one attached hydrogen (secondary N) is 1. The Morgan fingerprint density at radius 2 is 2.22 bits per heavy atom. The van der Waals surface area contributed by atoms with Crippen molar-refractivity contribution in [3.05, 3.63) is 18.2 Å². The van der Waals surface area contributed by atoms with Crippen LogP contribution in [0.15, 0.2) is 18.2 Å². The normalized spacial score (nSPS) is 25.3. The number of anilines is 1. The third kappa shape index (κ3) is 2.43. The summed E-state index contributed by atoms with van der Waals surface area (Å²) in [6.45, 7) is 7.28. The number of rotatable bonds is 5. The summed E-state index contributed by atoms with van der Waals surface area (Å²) in [4.78, 5) is 4.38. The van der Waals surface area contributed by atoms with Crippen LogP contribution in [0.5, 0.6) is 5.88 Å². The molecular formula is C14H22N2O2. The van der Waals surface area contributed by atoms with E-state index in [-0.39, 0.29) is 5.41 Å². The zero-order valence-corrected chi connectivity index (χ0v) is 11.6. The SMILES string of the molecule is CCOC1CC(Nc2cccc(OC)n2)C1(C)C. The van der Waals surface area contributed by atoms with Gasteiger partial charge in [-0.15, -0.1) is 0 Å². The van der Waals surface area contributed by atoms with Crippen molar-refractivity contribution in [2.24, 2.45) is 5.41 Å². The van der Waals surface area contributed by atoms with E-state index in [1.54, 1.807) is 7.11 Å². The van der Waals surface area contributed by atoms with Crippen LogP contribution in [0, 0.1) is 5.41 Å². The lowest BCUT2D eigenvalue weighted by Crippen LogP contribution is -2.58. The Labute approximate surface area is 109 Å². The van der Waals surface area contributed by atoms with Crippen molar-refractivity contribution in [2.45, 2.75) is 39.3 Å². The molecule has 0 spiro atoms. The Kier molecular flexibility index (Phi) is 3.76. The quantitative estimate of drug-likeness (QED) is 0.872. The standard InChI is InChI=1S/C14H22N2O2/c1-5-18-11-9-10(14(11,2)3)15-12-7-6-8-13(16-12)17-4/h6-8,10-11H,5,9H2,1-4H3,(H,15,16). The molecule has 1 heterocycles. The van der Waals surface area contributed by atoms with E-state index in [2.05, 4.69) is 24.1 Å². The summed E-state index contributed by atoms with van der Waals surface area (Å²) in [6.07, 6.45) is 1.37. The number of nitrogens with zero attached hydrogens (tertiary/aromatic N) is 1. The number of ether oxygens (including phenoxy) is 2. The largest absolute Gasteiger partial charge is 0.481 e. The molecule has 0 saturated heterocycles. The first-order valence-electron chi connectivity index (χ1n) is 6.47. The summed E-state index contributed by atoms with van der Waals surface area (Å²) in [5.74, 6) is 1.50. The van der Waals surface area contributed by atoms with Crippen LogP contribution in [0.25, 0.3) is 0 Å². The average Bonchev–Trinajstić information content (AvgIpc) is 2.38. The molecule has 1 aromatic rings. The third-order valence-corrected chi connectivity index (χ3v) is 3.80. The average molecular weight is 250 g/mol. The molecule has 1 fully saturated rings. The molecule has 0 aliphatic heterocycles. The lowest BCUT2D eigenvalue weighted by molar-refractivity contribution is -0.0976. The summed E-state index contributed by atoms with van der Waals surface area (Å²) in [5, 5.41) is 3.46. The van der Waals surface area contributed by atoms with Crippen molar-refractivity contribution in [2.75, 3.05) is 19.0 Å². The van der Waals surface area contributed by atoms with Crippen LogP contribution in [0.4, 0.5) is 5.82 Å². The molecule has 0 radical (unpaired) electrons. The molecule has 2 atom stereocenters. The fourth-order valence-electron chi connectivity index (χ4n) is 2.40. The molecule has 1 N–H and O–H groups in total. The minimum Gasteiger partial charge on any atom is -0.481 e. The lowest BCUT2D eigenvalue weighted by Gasteiger charge is -2.51. The zero-order chi connectivity index (χ0) is 13.2. The van der Waals surface area contributed by atoms with E-state index in [4.69, 9.17) is 9.47 Å². The molecule has 4 nitrogen and oxygen atoms in total. The Balaban J connectivity index is 1.98. The van der Waals surface area contributed by atoms with Crippen molar-refractivity contribution in [1.82, 2.24) is 4.98 Å². The highest BCUT2D eigenvalue weighted by Crippen LogP contribution is 2.44. The first kappa shape index (κ1) is 13.1. The summed E-state index contributed by atoms with van der Waals surface area (Å²) in [7, 11) is 1.63. The smallest absolute Gasteiger partial charge is 0.214 e. The molecule has 1 aromatic heterocycles. The maximum Gasteiger partial charge on any atom is 0.214 e. The Bertz CT molecular complexity index is 407. The van der Waals surface area contributed by atoms with Crippen LogP contribution >= 0.6 is 0 Å². The fraction of sp³-hybridized carbons (Fsp3) is 0.643. The second-order valence-corrected chi connectivity index (χ2v) is 5.26. The highest BCUT2D eigenvalue weighted by atomic mass is 16.5. The predicted octanol–water partition coefficient (Wildman–Crippen LogP) is 2.71. The van der Waals surface area contributed by atoms with E-state index in [1.165, 1.54) is 0 Å². The van der Waals surface area contributed by atoms with Crippen LogP contribution in [-0.2, 0) is 4.74 Å². The van der Waals surface area contributed by atoms with Crippen molar-refractivity contribution in [3.8, 4) is 5.88 Å². The third-order valence-electron chi connectivity index (χ3n) is 3.80. The second-order valence-electron chi connectivity index (χ2n) is 5.26. The Morgan fingerprint density at radius 3 is 2.83 bits per heavy atom. The van der Waals surface area contributed by atoms with Crippen LogP contribution in [-0.4, -0.2) is 30.8 Å². The molecule has 0 aromatic carbocycles. The van der Waals surface area contributed by atoms with E-state index >= 15 is 0 Å². The van der Waals surface area contributed by atoms with Gasteiger partial charge in [0, 0.05) is 24.1 Å². The van der Waals surface area contributed by atoms with Crippen LogP contribution in [0.3, 0.4) is 0 Å². The van der Waals surface area contributed by atoms with Gasteiger partial charge in [0.1, 0.15) is 5.82 Å². The first-order chi connectivity index (χ1) is 8.57. The predicted molar refractivity (Wildman–Crippen MR) is 72.0 cm³/mol. The lowest BCUT2D eigenvalue weighted by atomic mass is 9.64. The highest BCUT2D eigenvalue weighted by molar-refractivity contribution is 5.40. The molecular weight excluding hydrogens is 228 g/mol. The van der Waals surface area contributed by atoms with Gasteiger partial charge in [0.05, 0.1) is 13.2 Å². The van der Waals surface area contributed by atoms with Crippen LogP contribution in [0.1, 0.15) is 27.2 Å². The Hall–Kier alpha value is -1.29. The van der Waals surface area contributed by atoms with E-state index in [1.807, 2.05) is 25.1 Å². The Morgan fingerprint density at radius 1 is 1.44 bits per heavy atom. The molecule has 2 unspecified atom stereocenters. The minimum absolute atomic E-state index is 0.140. The molecule has 4 heteroatoms. The van der Waals surface area contributed by atoms with Crippen LogP contribution in [0.2, 0.25) is 0 Å². The molecule has 18 heavy (non-hydrogen) atoms. The number of methoxy groups -OCH3 is 1. The van der Waals surface area contributed by atoms with Gasteiger partial charge >= 0.3 is 0 Å². The highest BCUT2D eigenvalue weighted by Gasteiger charge is 2.49. The van der Waals surface area contributed by atoms with Gasteiger partial charge in [-0.3, -0.25) is 0 Å². The molecule has 1 aliphatic rings. The van der Waals surface area contributed by atoms with Gasteiger partial charge in [-0.25, -0.2) is 0 Å². The van der Waals surface area contributed by atoms with Crippen molar-refractivity contribution in [1.29, 1.82) is 0 Å². The minimum atomic E-state index is 0.140. The molecule has 1 saturated carbocycles. The summed E-state index contributed by atoms with van der Waals surface area (Å²) in [6, 6.07) is 6.15. The maximum atomic E-state index is 5.72. The zero-order valence-electron chi connectivity index (χ0n) is 11.6. The topological polar surface area (TPSA) is 43.4 Å². The summed E-state index contributed by atoms with van der Waals surface area (Å²) >= 11 is 0. The molecule has 0 bridgehead atoms. The van der Waals surface area contributed by atoms with Gasteiger partial charge in [-0.2, -0.15) is 4.98 Å². The molecule has 2 rings (SSSR count). The van der Waals surface area contributed by atoms with Gasteiger partial charge in [0.25, 0.3) is 0 Å².